The van der Waals surface area contributed by atoms with Crippen LogP contribution in [0.4, 0.5) is 0 Å². The van der Waals surface area contributed by atoms with Crippen molar-refractivity contribution >= 4 is 23.7 Å². The van der Waals surface area contributed by atoms with E-state index in [1.54, 1.807) is 6.07 Å². The minimum Gasteiger partial charge on any atom is -0.478 e. The van der Waals surface area contributed by atoms with E-state index in [9.17, 15) is 9.59 Å². The van der Waals surface area contributed by atoms with Crippen molar-refractivity contribution < 1.29 is 19.4 Å². The molecule has 0 unspecified atom stereocenters. The van der Waals surface area contributed by atoms with Gasteiger partial charge in [-0.3, -0.25) is 4.79 Å². The molecule has 2 rings (SSSR count). The number of aromatic carboxylic acids is 1. The summed E-state index contributed by atoms with van der Waals surface area (Å²) in [6, 6.07) is 3.06. The molecule has 1 aliphatic carbocycles. The van der Waals surface area contributed by atoms with Crippen molar-refractivity contribution in [3.63, 3.8) is 0 Å². The summed E-state index contributed by atoms with van der Waals surface area (Å²) in [5.74, 6) is 0.191. The molecule has 5 nitrogen and oxygen atoms in total. The number of rotatable bonds is 6. The Morgan fingerprint density at radius 3 is 2.83 bits per heavy atom. The van der Waals surface area contributed by atoms with Crippen LogP contribution in [-0.2, 0) is 9.53 Å². The third-order valence-corrected chi connectivity index (χ3v) is 5.55. The molecule has 3 atom stereocenters. The molecule has 0 spiro atoms. The summed E-state index contributed by atoms with van der Waals surface area (Å²) >= 11 is 1.12. The lowest BCUT2D eigenvalue weighted by Crippen LogP contribution is -2.36. The van der Waals surface area contributed by atoms with Crippen LogP contribution in [0, 0.1) is 17.8 Å². The average molecular weight is 351 g/mol. The molecule has 1 aliphatic rings. The molecule has 0 radical (unpaired) electrons. The van der Waals surface area contributed by atoms with Gasteiger partial charge in [0.05, 0.1) is 11.3 Å². The van der Waals surface area contributed by atoms with Gasteiger partial charge in [-0.25, -0.2) is 9.78 Å². The van der Waals surface area contributed by atoms with Crippen molar-refractivity contribution in [3.05, 3.63) is 23.9 Å². The second-order valence-corrected chi connectivity index (χ2v) is 7.77. The average Bonchev–Trinajstić information content (AvgIpc) is 2.53. The van der Waals surface area contributed by atoms with E-state index in [0.29, 0.717) is 22.8 Å². The minimum absolute atomic E-state index is 0.0375. The number of thioether (sulfide) groups is 1. The van der Waals surface area contributed by atoms with Crippen LogP contribution in [0.25, 0.3) is 0 Å². The summed E-state index contributed by atoms with van der Waals surface area (Å²) in [5, 5.41) is 9.49. The van der Waals surface area contributed by atoms with Crippen LogP contribution in [0.15, 0.2) is 23.4 Å². The van der Waals surface area contributed by atoms with E-state index in [1.165, 1.54) is 18.7 Å². The van der Waals surface area contributed by atoms with E-state index in [2.05, 4.69) is 25.8 Å². The normalized spacial score (nSPS) is 23.9. The maximum atomic E-state index is 12.2. The maximum Gasteiger partial charge on any atom is 0.338 e. The van der Waals surface area contributed by atoms with Crippen LogP contribution in [0.5, 0.6) is 0 Å². The van der Waals surface area contributed by atoms with Crippen molar-refractivity contribution in [2.75, 3.05) is 5.75 Å². The van der Waals surface area contributed by atoms with Gasteiger partial charge in [-0.1, -0.05) is 39.0 Å². The minimum atomic E-state index is -1.04. The Labute approximate surface area is 147 Å². The summed E-state index contributed by atoms with van der Waals surface area (Å²) in [6.45, 7) is 6.53. The van der Waals surface area contributed by atoms with Crippen molar-refractivity contribution in [1.29, 1.82) is 0 Å². The molecule has 1 aromatic rings. The molecule has 0 saturated heterocycles. The highest BCUT2D eigenvalue weighted by Gasteiger charge is 2.33. The monoisotopic (exact) mass is 351 g/mol. The van der Waals surface area contributed by atoms with Crippen LogP contribution < -0.4 is 0 Å². The molecule has 6 heteroatoms. The van der Waals surface area contributed by atoms with E-state index in [0.717, 1.165) is 24.6 Å². The summed E-state index contributed by atoms with van der Waals surface area (Å²) in [7, 11) is 0. The van der Waals surface area contributed by atoms with Crippen LogP contribution in [0.3, 0.4) is 0 Å². The predicted molar refractivity (Wildman–Crippen MR) is 93.1 cm³/mol. The Kier molecular flexibility index (Phi) is 6.66. The summed E-state index contributed by atoms with van der Waals surface area (Å²) in [5.41, 5.74) is 0.113. The smallest absolute Gasteiger partial charge is 0.338 e. The topological polar surface area (TPSA) is 76.5 Å². The van der Waals surface area contributed by atoms with E-state index < -0.39 is 5.97 Å². The number of nitrogens with zero attached hydrogens (tertiary/aromatic N) is 1. The van der Waals surface area contributed by atoms with Gasteiger partial charge in [0, 0.05) is 6.20 Å². The molecule has 1 saturated carbocycles. The van der Waals surface area contributed by atoms with E-state index in [1.807, 2.05) is 0 Å². The first-order chi connectivity index (χ1) is 11.4. The first-order valence-electron chi connectivity index (χ1n) is 8.39. The second kappa shape index (κ2) is 8.51. The summed E-state index contributed by atoms with van der Waals surface area (Å²) in [6.07, 6.45) is 4.67. The fraction of sp³-hybridized carbons (Fsp3) is 0.611. The predicted octanol–water partition coefficient (Wildman–Crippen LogP) is 3.88. The van der Waals surface area contributed by atoms with Crippen molar-refractivity contribution in [2.45, 2.75) is 51.2 Å². The lowest BCUT2D eigenvalue weighted by molar-refractivity contribution is -0.152. The van der Waals surface area contributed by atoms with Gasteiger partial charge in [0.2, 0.25) is 0 Å². The number of ether oxygens (including phenoxy) is 1. The largest absolute Gasteiger partial charge is 0.478 e. The molecule has 1 heterocycles. The number of hydrogen-bond donors (Lipinski definition) is 1. The van der Waals surface area contributed by atoms with Gasteiger partial charge >= 0.3 is 11.9 Å². The van der Waals surface area contributed by atoms with Crippen LogP contribution in [0.2, 0.25) is 0 Å². The Hall–Kier alpha value is -1.56. The zero-order valence-electron chi connectivity index (χ0n) is 14.4. The number of esters is 1. The summed E-state index contributed by atoms with van der Waals surface area (Å²) in [4.78, 5) is 27.4. The molecule has 0 aromatic carbocycles. The van der Waals surface area contributed by atoms with Crippen molar-refractivity contribution in [1.82, 2.24) is 4.98 Å². The highest BCUT2D eigenvalue weighted by molar-refractivity contribution is 8.00. The molecule has 1 fully saturated rings. The SMILES string of the molecule is CC(C)[C@H]1CC[C@H](C)C[C@H]1OC(=O)CSc1ncccc1C(=O)O. The molecule has 1 N–H and O–H groups in total. The number of pyridine rings is 1. The number of carboxylic acid groups (broad SMARTS) is 1. The first kappa shape index (κ1) is 18.8. The molecule has 0 amide bonds. The Balaban J connectivity index is 1.94. The zero-order chi connectivity index (χ0) is 17.7. The number of hydrogen-bond acceptors (Lipinski definition) is 5. The van der Waals surface area contributed by atoms with Gasteiger partial charge < -0.3 is 9.84 Å². The van der Waals surface area contributed by atoms with Gasteiger partial charge in [0.1, 0.15) is 11.1 Å². The Bertz CT molecular complexity index is 590. The third-order valence-electron chi connectivity index (χ3n) is 4.57. The van der Waals surface area contributed by atoms with Crippen molar-refractivity contribution in [2.24, 2.45) is 17.8 Å². The lowest BCUT2D eigenvalue weighted by Gasteiger charge is -2.36. The molecule has 132 valence electrons. The van der Waals surface area contributed by atoms with E-state index >= 15 is 0 Å². The van der Waals surface area contributed by atoms with E-state index in [4.69, 9.17) is 9.84 Å². The fourth-order valence-corrected chi connectivity index (χ4v) is 4.02. The molecular formula is C18H25NO4S. The fourth-order valence-electron chi connectivity index (χ4n) is 3.25. The molecule has 1 aromatic heterocycles. The Morgan fingerprint density at radius 1 is 1.42 bits per heavy atom. The van der Waals surface area contributed by atoms with Crippen LogP contribution in [-0.4, -0.2) is 33.9 Å². The quantitative estimate of drug-likeness (QED) is 0.619. The van der Waals surface area contributed by atoms with Gasteiger partial charge in [0.15, 0.2) is 0 Å². The van der Waals surface area contributed by atoms with Crippen molar-refractivity contribution in [3.8, 4) is 0 Å². The second-order valence-electron chi connectivity index (χ2n) is 6.80. The Morgan fingerprint density at radius 2 is 2.17 bits per heavy atom. The molecule has 0 bridgehead atoms. The highest BCUT2D eigenvalue weighted by atomic mass is 32.2. The number of aromatic nitrogens is 1. The maximum absolute atomic E-state index is 12.2. The lowest BCUT2D eigenvalue weighted by atomic mass is 9.75. The van der Waals surface area contributed by atoms with Gasteiger partial charge in [-0.15, -0.1) is 0 Å². The van der Waals surface area contributed by atoms with E-state index in [-0.39, 0.29) is 23.4 Å². The highest BCUT2D eigenvalue weighted by Crippen LogP contribution is 2.35. The van der Waals surface area contributed by atoms with Gasteiger partial charge in [0.25, 0.3) is 0 Å². The first-order valence-corrected chi connectivity index (χ1v) is 9.37. The van der Waals surface area contributed by atoms with Crippen LogP contribution >= 0.6 is 11.8 Å². The molecular weight excluding hydrogens is 326 g/mol. The van der Waals surface area contributed by atoms with Gasteiger partial charge in [-0.2, -0.15) is 0 Å². The standard InChI is InChI=1S/C18H25NO4S/c1-11(2)13-7-6-12(3)9-15(13)23-16(20)10-24-17-14(18(21)22)5-4-8-19-17/h4-5,8,11-13,15H,6-7,9-10H2,1-3H3,(H,21,22)/t12-,13+,15+/m0/s1. The number of carbonyl (C=O) groups excluding carboxylic acids is 1. The molecule has 24 heavy (non-hydrogen) atoms. The summed E-state index contributed by atoms with van der Waals surface area (Å²) < 4.78 is 5.72. The van der Waals surface area contributed by atoms with Gasteiger partial charge in [-0.05, 0) is 42.7 Å². The third kappa shape index (κ3) is 4.97. The molecule has 0 aliphatic heterocycles. The number of carbonyl (C=O) groups is 2. The number of carboxylic acids is 1. The van der Waals surface area contributed by atoms with Crippen LogP contribution in [0.1, 0.15) is 50.4 Å². The zero-order valence-corrected chi connectivity index (χ0v) is 15.2.